The van der Waals surface area contributed by atoms with Crippen molar-refractivity contribution in [1.29, 1.82) is 5.41 Å². The first-order valence-corrected chi connectivity index (χ1v) is 14.2. The van der Waals surface area contributed by atoms with Gasteiger partial charge in [-0.1, -0.05) is 42.5 Å². The van der Waals surface area contributed by atoms with Crippen molar-refractivity contribution in [3.8, 4) is 0 Å². The number of sulfonamides is 1. The number of hydrogen-bond donors (Lipinski definition) is 3. The molecule has 40 heavy (non-hydrogen) atoms. The maximum atomic E-state index is 13.5. The highest BCUT2D eigenvalue weighted by molar-refractivity contribution is 7.88. The molecule has 2 saturated heterocycles. The predicted molar refractivity (Wildman–Crippen MR) is 143 cm³/mol. The number of nitrogens with two attached hydrogens (primary N) is 1. The van der Waals surface area contributed by atoms with Gasteiger partial charge in [0.15, 0.2) is 0 Å². The van der Waals surface area contributed by atoms with Gasteiger partial charge in [0.05, 0.1) is 5.75 Å². The third-order valence-electron chi connectivity index (χ3n) is 6.67. The minimum Gasteiger partial charge on any atom is -0.475 e. The molecule has 218 valence electrons. The number of rotatable bonds is 6. The quantitative estimate of drug-likeness (QED) is 0.350. The SMILES string of the molecule is N=C(N)c1cccc(N2CCCCN(C3CCN(S(=O)(=O)Cc4ccccc4)CC3)C2=O)c1.O=C(O)C(F)(F)F. The van der Waals surface area contributed by atoms with Crippen molar-refractivity contribution in [2.45, 2.75) is 43.7 Å². The van der Waals surface area contributed by atoms with Crippen LogP contribution in [0, 0.1) is 5.41 Å². The highest BCUT2D eigenvalue weighted by Crippen LogP contribution is 2.27. The molecule has 2 fully saturated rings. The van der Waals surface area contributed by atoms with Crippen molar-refractivity contribution >= 4 is 33.5 Å². The van der Waals surface area contributed by atoms with Crippen LogP contribution >= 0.6 is 0 Å². The summed E-state index contributed by atoms with van der Waals surface area (Å²) in [7, 11) is -3.39. The van der Waals surface area contributed by atoms with Crippen molar-refractivity contribution in [1.82, 2.24) is 9.21 Å². The number of carboxylic acids is 1. The van der Waals surface area contributed by atoms with E-state index in [0.717, 1.165) is 24.1 Å². The molecule has 2 aromatic rings. The zero-order valence-electron chi connectivity index (χ0n) is 21.7. The van der Waals surface area contributed by atoms with Crippen LogP contribution < -0.4 is 10.6 Å². The number of carboxylic acid groups (broad SMARTS) is 1. The highest BCUT2D eigenvalue weighted by atomic mass is 32.2. The zero-order valence-corrected chi connectivity index (χ0v) is 22.5. The molecule has 4 rings (SSSR count). The molecule has 0 spiro atoms. The van der Waals surface area contributed by atoms with E-state index in [1.807, 2.05) is 47.4 Å². The van der Waals surface area contributed by atoms with Gasteiger partial charge in [0, 0.05) is 43.5 Å². The smallest absolute Gasteiger partial charge is 0.475 e. The van der Waals surface area contributed by atoms with Gasteiger partial charge in [-0.05, 0) is 43.4 Å². The number of carbonyl (C=O) groups excluding carboxylic acids is 1. The largest absolute Gasteiger partial charge is 0.490 e. The number of piperidine rings is 1. The van der Waals surface area contributed by atoms with Gasteiger partial charge >= 0.3 is 18.2 Å². The lowest BCUT2D eigenvalue weighted by Crippen LogP contribution is -2.52. The molecule has 14 heteroatoms. The summed E-state index contributed by atoms with van der Waals surface area (Å²) in [4.78, 5) is 26.1. The third-order valence-corrected chi connectivity index (χ3v) is 8.52. The van der Waals surface area contributed by atoms with E-state index in [9.17, 15) is 26.4 Å². The molecule has 2 aliphatic heterocycles. The maximum absolute atomic E-state index is 13.5. The van der Waals surface area contributed by atoms with E-state index in [1.54, 1.807) is 21.3 Å². The number of halogens is 3. The van der Waals surface area contributed by atoms with Crippen LogP contribution in [-0.2, 0) is 20.6 Å². The molecule has 0 aromatic heterocycles. The van der Waals surface area contributed by atoms with Gasteiger partial charge in [0.1, 0.15) is 5.84 Å². The first kappa shape index (κ1) is 30.9. The Labute approximate surface area is 230 Å². The predicted octanol–water partition coefficient (Wildman–Crippen LogP) is 3.62. The Balaban J connectivity index is 0.000000559. The van der Waals surface area contributed by atoms with E-state index in [1.165, 1.54) is 0 Å². The van der Waals surface area contributed by atoms with Crippen LogP contribution in [0.2, 0.25) is 0 Å². The summed E-state index contributed by atoms with van der Waals surface area (Å²) in [6.45, 7) is 2.12. The molecular weight excluding hydrogens is 551 g/mol. The average Bonchev–Trinajstić information content (AvgIpc) is 3.10. The van der Waals surface area contributed by atoms with Crippen molar-refractivity contribution in [2.24, 2.45) is 5.73 Å². The molecule has 0 saturated carbocycles. The molecule has 2 aromatic carbocycles. The van der Waals surface area contributed by atoms with Crippen LogP contribution in [-0.4, -0.2) is 79.0 Å². The van der Waals surface area contributed by atoms with Crippen LogP contribution in [0.3, 0.4) is 0 Å². The van der Waals surface area contributed by atoms with Crippen LogP contribution in [0.5, 0.6) is 0 Å². The van der Waals surface area contributed by atoms with E-state index in [-0.39, 0.29) is 23.7 Å². The van der Waals surface area contributed by atoms with E-state index < -0.39 is 22.2 Å². The standard InChI is InChI=1S/C24H31N5O3S.C2HF3O2/c25-23(26)20-9-6-10-22(17-20)29-14-5-4-13-28(24(29)30)21-11-15-27(16-12-21)33(31,32)18-19-7-2-1-3-8-19;3-2(4,5)1(6)7/h1-3,6-10,17,21H,4-5,11-16,18H2,(H3,25,26);(H,6,7). The lowest BCUT2D eigenvalue weighted by molar-refractivity contribution is -0.192. The fourth-order valence-electron chi connectivity index (χ4n) is 4.63. The number of aliphatic carboxylic acids is 1. The van der Waals surface area contributed by atoms with E-state index in [4.69, 9.17) is 21.0 Å². The van der Waals surface area contributed by atoms with Gasteiger partial charge in [0.2, 0.25) is 10.0 Å². The number of nitrogens with zero attached hydrogens (tertiary/aromatic N) is 3. The summed E-state index contributed by atoms with van der Waals surface area (Å²) >= 11 is 0. The summed E-state index contributed by atoms with van der Waals surface area (Å²) in [6.07, 6.45) is -2.04. The Morgan fingerprint density at radius 1 is 1.00 bits per heavy atom. The number of benzene rings is 2. The van der Waals surface area contributed by atoms with Gasteiger partial charge in [-0.15, -0.1) is 0 Å². The number of alkyl halides is 3. The lowest BCUT2D eigenvalue weighted by Gasteiger charge is -2.39. The topological polar surface area (TPSA) is 148 Å². The van der Waals surface area contributed by atoms with Crippen molar-refractivity contribution in [3.05, 3.63) is 65.7 Å². The number of hydrogen-bond acceptors (Lipinski definition) is 5. The number of nitrogens with one attached hydrogen (secondary N) is 1. The number of amides is 2. The van der Waals surface area contributed by atoms with Gasteiger partial charge in [-0.2, -0.15) is 13.2 Å². The molecule has 4 N–H and O–H groups in total. The molecule has 2 heterocycles. The first-order valence-electron chi connectivity index (χ1n) is 12.6. The first-order chi connectivity index (χ1) is 18.8. The number of nitrogen functional groups attached to an aromatic ring is 1. The van der Waals surface area contributed by atoms with Gasteiger partial charge in [-0.25, -0.2) is 22.3 Å². The lowest BCUT2D eigenvalue weighted by atomic mass is 10.0. The highest BCUT2D eigenvalue weighted by Gasteiger charge is 2.38. The van der Waals surface area contributed by atoms with E-state index >= 15 is 0 Å². The summed E-state index contributed by atoms with van der Waals surface area (Å²) in [6, 6.07) is 16.4. The normalized spacial score (nSPS) is 17.5. The van der Waals surface area contributed by atoms with Crippen LogP contribution in [0.15, 0.2) is 54.6 Å². The minimum atomic E-state index is -5.08. The summed E-state index contributed by atoms with van der Waals surface area (Å²) in [5, 5.41) is 14.8. The second-order valence-electron chi connectivity index (χ2n) is 9.47. The monoisotopic (exact) mass is 583 g/mol. The molecule has 0 aliphatic carbocycles. The summed E-state index contributed by atoms with van der Waals surface area (Å²) < 4.78 is 59.1. The molecule has 2 aliphatic rings. The van der Waals surface area contributed by atoms with Crippen molar-refractivity contribution < 1.29 is 36.3 Å². The van der Waals surface area contributed by atoms with E-state index in [2.05, 4.69) is 0 Å². The van der Waals surface area contributed by atoms with Crippen LogP contribution in [0.1, 0.15) is 36.8 Å². The van der Waals surface area contributed by atoms with Gasteiger partial charge in [-0.3, -0.25) is 10.3 Å². The van der Waals surface area contributed by atoms with Gasteiger partial charge in [0.25, 0.3) is 0 Å². The third kappa shape index (κ3) is 8.18. The van der Waals surface area contributed by atoms with Crippen LogP contribution in [0.25, 0.3) is 0 Å². The minimum absolute atomic E-state index is 0.00141. The van der Waals surface area contributed by atoms with Crippen molar-refractivity contribution in [3.63, 3.8) is 0 Å². The Morgan fingerprint density at radius 2 is 1.60 bits per heavy atom. The second-order valence-corrected chi connectivity index (χ2v) is 11.4. The van der Waals surface area contributed by atoms with Crippen LogP contribution in [0.4, 0.5) is 23.7 Å². The molecule has 0 atom stereocenters. The Kier molecular flexibility index (Phi) is 10.1. The number of urea groups is 1. The number of amidine groups is 1. The van der Waals surface area contributed by atoms with Gasteiger partial charge < -0.3 is 15.7 Å². The molecule has 0 unspecified atom stereocenters. The molecule has 0 bridgehead atoms. The van der Waals surface area contributed by atoms with E-state index in [0.29, 0.717) is 44.6 Å². The Bertz CT molecular complexity index is 1300. The van der Waals surface area contributed by atoms with Crippen molar-refractivity contribution in [2.75, 3.05) is 31.1 Å². The molecular formula is C26H32F3N5O5S. The number of carbonyl (C=O) groups is 2. The number of anilines is 1. The molecule has 0 radical (unpaired) electrons. The summed E-state index contributed by atoms with van der Waals surface area (Å²) in [5.41, 5.74) is 7.75. The Hall–Kier alpha value is -3.65. The maximum Gasteiger partial charge on any atom is 0.490 e. The second kappa shape index (κ2) is 13.1. The zero-order chi connectivity index (χ0) is 29.5. The fourth-order valence-corrected chi connectivity index (χ4v) is 6.19. The summed E-state index contributed by atoms with van der Waals surface area (Å²) in [5.74, 6) is -2.78. The Morgan fingerprint density at radius 3 is 2.17 bits per heavy atom. The molecule has 10 nitrogen and oxygen atoms in total. The fraction of sp³-hybridized carbons (Fsp3) is 0.423. The molecule has 2 amide bonds. The average molecular weight is 584 g/mol.